The van der Waals surface area contributed by atoms with E-state index in [0.717, 1.165) is 43.1 Å². The fraction of sp³-hybridized carbons (Fsp3) is 0.500. The summed E-state index contributed by atoms with van der Waals surface area (Å²) in [5, 5.41) is 0.780. The Morgan fingerprint density at radius 2 is 1.81 bits per heavy atom. The number of likely N-dealkylation sites (tertiary alicyclic amines) is 2. The molecule has 2 aliphatic rings. The van der Waals surface area contributed by atoms with Gasteiger partial charge in [0.05, 0.1) is 12.5 Å². The van der Waals surface area contributed by atoms with Crippen LogP contribution in [0.2, 0.25) is 5.02 Å². The first-order chi connectivity index (χ1) is 17.1. The van der Waals surface area contributed by atoms with Crippen LogP contribution in [0, 0.1) is 13.8 Å². The zero-order valence-electron chi connectivity index (χ0n) is 21.6. The number of Topliss-reactive ketones (excluding diaryl/α,β-unsaturated/α-hetero) is 1. The Kier molecular flexibility index (Phi) is 8.10. The molecule has 36 heavy (non-hydrogen) atoms. The zero-order valence-corrected chi connectivity index (χ0v) is 22.3. The Bertz CT molecular complexity index is 1160. The molecule has 3 heterocycles. The van der Waals surface area contributed by atoms with Crippen LogP contribution in [0.3, 0.4) is 0 Å². The maximum atomic E-state index is 13.4. The van der Waals surface area contributed by atoms with Crippen molar-refractivity contribution in [3.05, 3.63) is 63.4 Å². The summed E-state index contributed by atoms with van der Waals surface area (Å²) < 4.78 is 0. The van der Waals surface area contributed by atoms with Crippen LogP contribution >= 0.6 is 11.6 Å². The van der Waals surface area contributed by atoms with Gasteiger partial charge in [-0.15, -0.1) is 0 Å². The summed E-state index contributed by atoms with van der Waals surface area (Å²) in [5.74, 6) is -0.0468. The third-order valence-electron chi connectivity index (χ3n) is 7.22. The molecule has 0 saturated carbocycles. The third kappa shape index (κ3) is 5.95. The first-order valence-corrected chi connectivity index (χ1v) is 13.0. The average molecular weight is 511 g/mol. The lowest BCUT2D eigenvalue weighted by molar-refractivity contribution is -0.137. The van der Waals surface area contributed by atoms with Crippen molar-refractivity contribution in [3.63, 3.8) is 0 Å². The van der Waals surface area contributed by atoms with Crippen LogP contribution in [0.1, 0.15) is 58.6 Å². The Balaban J connectivity index is 1.39. The molecule has 2 aliphatic heterocycles. The minimum absolute atomic E-state index is 0.00118. The van der Waals surface area contributed by atoms with Gasteiger partial charge in [0.15, 0.2) is 5.78 Å². The number of rotatable bonds is 7. The summed E-state index contributed by atoms with van der Waals surface area (Å²) in [6.07, 6.45) is 2.79. The summed E-state index contributed by atoms with van der Waals surface area (Å²) in [5.41, 5.74) is 4.12. The highest BCUT2D eigenvalue weighted by Gasteiger charge is 2.41. The Morgan fingerprint density at radius 1 is 1.08 bits per heavy atom. The monoisotopic (exact) mass is 510 g/mol. The minimum Gasteiger partial charge on any atom is -0.345 e. The number of halogens is 1. The number of aryl methyl sites for hydroxylation is 2. The number of aromatic nitrogens is 1. The van der Waals surface area contributed by atoms with Gasteiger partial charge in [0, 0.05) is 68.2 Å². The van der Waals surface area contributed by atoms with Crippen molar-refractivity contribution in [2.75, 3.05) is 27.2 Å². The van der Waals surface area contributed by atoms with Gasteiger partial charge in [-0.1, -0.05) is 23.7 Å². The predicted molar refractivity (Wildman–Crippen MR) is 140 cm³/mol. The van der Waals surface area contributed by atoms with E-state index in [9.17, 15) is 14.4 Å². The first-order valence-electron chi connectivity index (χ1n) is 12.6. The SMILES string of the molecule is Cc1cc(C(=O)N(C)C)cc(CC(=O)[C@H]2CCC(=O)N2C2CCN(Cc3ccc(Cl)c(C)c3)CC2)n1. The lowest BCUT2D eigenvalue weighted by Gasteiger charge is -2.39. The van der Waals surface area contributed by atoms with Crippen molar-refractivity contribution >= 4 is 29.2 Å². The Hall–Kier alpha value is -2.77. The van der Waals surface area contributed by atoms with E-state index in [4.69, 9.17) is 11.6 Å². The number of hydrogen-bond donors (Lipinski definition) is 0. The number of piperidine rings is 1. The molecule has 7 nitrogen and oxygen atoms in total. The molecule has 2 amide bonds. The molecule has 1 atom stereocenters. The van der Waals surface area contributed by atoms with E-state index in [2.05, 4.69) is 22.0 Å². The summed E-state index contributed by atoms with van der Waals surface area (Å²) in [4.78, 5) is 48.9. The Labute approximate surface area is 218 Å². The number of amides is 2. The molecule has 2 aromatic rings. The molecule has 2 saturated heterocycles. The van der Waals surface area contributed by atoms with Crippen molar-refractivity contribution < 1.29 is 14.4 Å². The molecule has 0 spiro atoms. The van der Waals surface area contributed by atoms with E-state index < -0.39 is 6.04 Å². The highest BCUT2D eigenvalue weighted by molar-refractivity contribution is 6.31. The van der Waals surface area contributed by atoms with Crippen LogP contribution in [0.5, 0.6) is 0 Å². The maximum Gasteiger partial charge on any atom is 0.253 e. The number of pyridine rings is 1. The van der Waals surface area contributed by atoms with Gasteiger partial charge in [0.25, 0.3) is 5.91 Å². The van der Waals surface area contributed by atoms with Crippen molar-refractivity contribution in [2.24, 2.45) is 0 Å². The molecule has 0 bridgehead atoms. The van der Waals surface area contributed by atoms with Gasteiger partial charge < -0.3 is 9.80 Å². The molecule has 1 aromatic carbocycles. The summed E-state index contributed by atoms with van der Waals surface area (Å²) >= 11 is 6.16. The van der Waals surface area contributed by atoms with Crippen LogP contribution < -0.4 is 0 Å². The number of carbonyl (C=O) groups excluding carboxylic acids is 3. The third-order valence-corrected chi connectivity index (χ3v) is 7.65. The van der Waals surface area contributed by atoms with E-state index in [1.807, 2.05) is 24.8 Å². The van der Waals surface area contributed by atoms with Crippen LogP contribution in [-0.4, -0.2) is 76.5 Å². The van der Waals surface area contributed by atoms with E-state index in [0.29, 0.717) is 29.8 Å². The average Bonchev–Trinajstić information content (AvgIpc) is 3.22. The molecule has 192 valence electrons. The maximum absolute atomic E-state index is 13.4. The summed E-state index contributed by atoms with van der Waals surface area (Å²) in [7, 11) is 3.40. The normalized spacial score (nSPS) is 19.1. The zero-order chi connectivity index (χ0) is 26.0. The minimum atomic E-state index is -0.414. The van der Waals surface area contributed by atoms with Crippen molar-refractivity contribution in [1.29, 1.82) is 0 Å². The lowest BCUT2D eigenvalue weighted by Crippen LogP contribution is -2.50. The largest absolute Gasteiger partial charge is 0.345 e. The lowest BCUT2D eigenvalue weighted by atomic mass is 9.98. The van der Waals surface area contributed by atoms with Crippen LogP contribution in [0.15, 0.2) is 30.3 Å². The molecular weight excluding hydrogens is 476 g/mol. The fourth-order valence-electron chi connectivity index (χ4n) is 5.40. The number of benzene rings is 1. The molecule has 0 radical (unpaired) electrons. The number of hydrogen-bond acceptors (Lipinski definition) is 5. The Morgan fingerprint density at radius 3 is 2.47 bits per heavy atom. The van der Waals surface area contributed by atoms with Crippen molar-refractivity contribution in [2.45, 2.75) is 64.6 Å². The summed E-state index contributed by atoms with van der Waals surface area (Å²) in [6.45, 7) is 6.46. The molecular formula is C28H35ClN4O3. The molecule has 2 fully saturated rings. The first kappa shape index (κ1) is 26.3. The van der Waals surface area contributed by atoms with Gasteiger partial charge in [-0.2, -0.15) is 0 Å². The van der Waals surface area contributed by atoms with Crippen LogP contribution in [0.25, 0.3) is 0 Å². The second-order valence-electron chi connectivity index (χ2n) is 10.3. The van der Waals surface area contributed by atoms with Gasteiger partial charge in [-0.05, 0) is 62.4 Å². The number of carbonyl (C=O) groups is 3. The topological polar surface area (TPSA) is 73.8 Å². The quantitative estimate of drug-likeness (QED) is 0.566. The second-order valence-corrected chi connectivity index (χ2v) is 10.7. The van der Waals surface area contributed by atoms with Crippen molar-refractivity contribution in [1.82, 2.24) is 19.7 Å². The van der Waals surface area contributed by atoms with Crippen LogP contribution in [-0.2, 0) is 22.6 Å². The molecule has 4 rings (SSSR count). The number of nitrogens with zero attached hydrogens (tertiary/aromatic N) is 4. The van der Waals surface area contributed by atoms with Gasteiger partial charge in [0.1, 0.15) is 0 Å². The van der Waals surface area contributed by atoms with Gasteiger partial charge in [0.2, 0.25) is 5.91 Å². The molecule has 0 N–H and O–H groups in total. The fourth-order valence-corrected chi connectivity index (χ4v) is 5.52. The highest BCUT2D eigenvalue weighted by Crippen LogP contribution is 2.29. The van der Waals surface area contributed by atoms with E-state index in [1.165, 1.54) is 10.5 Å². The van der Waals surface area contributed by atoms with E-state index in [1.54, 1.807) is 26.2 Å². The standard InChI is InChI=1S/C28H35ClN4O3/c1-18-13-20(5-6-24(18)29)17-32-11-9-23(10-12-32)33-25(7-8-27(33)35)26(34)16-22-15-21(14-19(2)30-22)28(36)31(3)4/h5-6,13-15,23,25H,7-12,16-17H2,1-4H3/t25-/m1/s1. The van der Waals surface area contributed by atoms with Gasteiger partial charge in [-0.25, -0.2) is 0 Å². The van der Waals surface area contributed by atoms with Gasteiger partial charge >= 0.3 is 0 Å². The molecule has 0 unspecified atom stereocenters. The smallest absolute Gasteiger partial charge is 0.253 e. The van der Waals surface area contributed by atoms with Crippen molar-refractivity contribution in [3.8, 4) is 0 Å². The molecule has 0 aliphatic carbocycles. The summed E-state index contributed by atoms with van der Waals surface area (Å²) in [6, 6.07) is 9.24. The highest BCUT2D eigenvalue weighted by atomic mass is 35.5. The van der Waals surface area contributed by atoms with E-state index in [-0.39, 0.29) is 30.1 Å². The molecule has 1 aromatic heterocycles. The van der Waals surface area contributed by atoms with Crippen LogP contribution in [0.4, 0.5) is 0 Å². The molecule has 8 heteroatoms. The van der Waals surface area contributed by atoms with Gasteiger partial charge in [-0.3, -0.25) is 24.3 Å². The second kappa shape index (κ2) is 11.1. The predicted octanol–water partition coefficient (Wildman–Crippen LogP) is 3.82. The van der Waals surface area contributed by atoms with E-state index >= 15 is 0 Å². The number of ketones is 1.